The van der Waals surface area contributed by atoms with Gasteiger partial charge in [0.1, 0.15) is 5.75 Å². The molecule has 0 spiro atoms. The van der Waals surface area contributed by atoms with Crippen molar-refractivity contribution >= 4 is 11.6 Å². The van der Waals surface area contributed by atoms with Crippen molar-refractivity contribution in [3.8, 4) is 5.75 Å². The van der Waals surface area contributed by atoms with Gasteiger partial charge in [0.2, 0.25) is 5.91 Å². The zero-order valence-electron chi connectivity index (χ0n) is 16.7. The van der Waals surface area contributed by atoms with E-state index in [1.165, 1.54) is 44.9 Å². The van der Waals surface area contributed by atoms with Crippen LogP contribution in [-0.4, -0.2) is 11.0 Å². The minimum atomic E-state index is -0.151. The molecule has 2 N–H and O–H groups in total. The Hall–Kier alpha value is -1.51. The van der Waals surface area contributed by atoms with Crippen LogP contribution in [0.4, 0.5) is 5.69 Å². The molecule has 25 heavy (non-hydrogen) atoms. The summed E-state index contributed by atoms with van der Waals surface area (Å²) >= 11 is 0. The normalized spacial score (nSPS) is 11.5. The third-order valence-electron chi connectivity index (χ3n) is 4.60. The van der Waals surface area contributed by atoms with Crippen LogP contribution in [0.1, 0.15) is 97.5 Å². The number of hydrogen-bond donors (Lipinski definition) is 2. The van der Waals surface area contributed by atoms with E-state index in [-0.39, 0.29) is 17.1 Å². The molecule has 0 bridgehead atoms. The summed E-state index contributed by atoms with van der Waals surface area (Å²) in [5, 5.41) is 12.9. The van der Waals surface area contributed by atoms with E-state index in [0.29, 0.717) is 6.42 Å². The summed E-state index contributed by atoms with van der Waals surface area (Å²) in [4.78, 5) is 12.1. The van der Waals surface area contributed by atoms with Gasteiger partial charge < -0.3 is 10.4 Å². The second-order valence-electron chi connectivity index (χ2n) is 8.11. The Morgan fingerprint density at radius 2 is 1.52 bits per heavy atom. The van der Waals surface area contributed by atoms with Crippen molar-refractivity contribution in [3.63, 3.8) is 0 Å². The van der Waals surface area contributed by atoms with Crippen LogP contribution in [0.2, 0.25) is 0 Å². The maximum Gasteiger partial charge on any atom is 0.224 e. The molecule has 0 saturated heterocycles. The Kier molecular flexibility index (Phi) is 9.62. The first-order valence-corrected chi connectivity index (χ1v) is 9.98. The molecule has 1 amide bonds. The van der Waals surface area contributed by atoms with E-state index in [9.17, 15) is 9.90 Å². The third-order valence-corrected chi connectivity index (χ3v) is 4.60. The number of aromatic hydroxyl groups is 1. The van der Waals surface area contributed by atoms with Gasteiger partial charge in [-0.25, -0.2) is 0 Å². The SMILES string of the molecule is CCCCCCCCCCCC(=O)Nc1ccc(O)c(C(C)(C)C)c1. The number of amides is 1. The van der Waals surface area contributed by atoms with Gasteiger partial charge in [-0.15, -0.1) is 0 Å². The Bertz CT molecular complexity index is 517. The summed E-state index contributed by atoms with van der Waals surface area (Å²) in [5.41, 5.74) is 1.47. The van der Waals surface area contributed by atoms with Crippen molar-refractivity contribution in [2.24, 2.45) is 0 Å². The molecular formula is C22H37NO2. The molecule has 0 atom stereocenters. The van der Waals surface area contributed by atoms with Crippen LogP contribution in [0.15, 0.2) is 18.2 Å². The number of anilines is 1. The first-order chi connectivity index (χ1) is 11.8. The monoisotopic (exact) mass is 347 g/mol. The largest absolute Gasteiger partial charge is 0.508 e. The summed E-state index contributed by atoms with van der Waals surface area (Å²) < 4.78 is 0. The summed E-state index contributed by atoms with van der Waals surface area (Å²) in [6.45, 7) is 8.40. The molecule has 0 aliphatic rings. The average Bonchev–Trinajstić information content (AvgIpc) is 2.54. The Morgan fingerprint density at radius 3 is 2.08 bits per heavy atom. The minimum absolute atomic E-state index is 0.0634. The van der Waals surface area contributed by atoms with Gasteiger partial charge >= 0.3 is 0 Å². The van der Waals surface area contributed by atoms with E-state index in [4.69, 9.17) is 0 Å². The molecule has 142 valence electrons. The highest BCUT2D eigenvalue weighted by molar-refractivity contribution is 5.90. The number of benzene rings is 1. The van der Waals surface area contributed by atoms with Crippen molar-refractivity contribution in [1.82, 2.24) is 0 Å². The van der Waals surface area contributed by atoms with Gasteiger partial charge in [-0.2, -0.15) is 0 Å². The van der Waals surface area contributed by atoms with Crippen molar-refractivity contribution in [1.29, 1.82) is 0 Å². The Morgan fingerprint density at radius 1 is 0.960 bits per heavy atom. The highest BCUT2D eigenvalue weighted by Crippen LogP contribution is 2.32. The highest BCUT2D eigenvalue weighted by Gasteiger charge is 2.18. The van der Waals surface area contributed by atoms with E-state index >= 15 is 0 Å². The van der Waals surface area contributed by atoms with Gasteiger partial charge in [-0.05, 0) is 30.0 Å². The standard InChI is InChI=1S/C22H37NO2/c1-5-6-7-8-9-10-11-12-13-14-21(25)23-18-15-16-20(24)19(17-18)22(2,3)4/h15-17,24H,5-14H2,1-4H3,(H,23,25). The Labute approximate surface area is 154 Å². The van der Waals surface area contributed by atoms with Gasteiger partial charge in [0.05, 0.1) is 0 Å². The summed E-state index contributed by atoms with van der Waals surface area (Å²) in [7, 11) is 0. The van der Waals surface area contributed by atoms with Gasteiger partial charge in [0, 0.05) is 17.7 Å². The molecule has 0 aromatic heterocycles. The van der Waals surface area contributed by atoms with Crippen molar-refractivity contribution in [2.75, 3.05) is 5.32 Å². The molecule has 0 aliphatic carbocycles. The third kappa shape index (κ3) is 8.94. The number of unbranched alkanes of at least 4 members (excludes halogenated alkanes) is 8. The van der Waals surface area contributed by atoms with Crippen molar-refractivity contribution in [2.45, 2.75) is 97.3 Å². The van der Waals surface area contributed by atoms with Crippen LogP contribution in [0.3, 0.4) is 0 Å². The fourth-order valence-corrected chi connectivity index (χ4v) is 3.03. The van der Waals surface area contributed by atoms with Crippen molar-refractivity contribution < 1.29 is 9.90 Å². The van der Waals surface area contributed by atoms with Crippen LogP contribution in [0, 0.1) is 0 Å². The van der Waals surface area contributed by atoms with Gasteiger partial charge in [-0.1, -0.05) is 79.1 Å². The smallest absolute Gasteiger partial charge is 0.224 e. The highest BCUT2D eigenvalue weighted by atomic mass is 16.3. The van der Waals surface area contributed by atoms with E-state index in [1.807, 2.05) is 6.07 Å². The van der Waals surface area contributed by atoms with Gasteiger partial charge in [-0.3, -0.25) is 4.79 Å². The fraction of sp³-hybridized carbons (Fsp3) is 0.682. The van der Waals surface area contributed by atoms with E-state index in [1.54, 1.807) is 12.1 Å². The molecule has 3 nitrogen and oxygen atoms in total. The number of carbonyl (C=O) groups is 1. The molecule has 0 unspecified atom stereocenters. The molecule has 0 aliphatic heterocycles. The number of rotatable bonds is 11. The molecule has 0 heterocycles. The van der Waals surface area contributed by atoms with E-state index in [0.717, 1.165) is 24.1 Å². The number of phenols is 1. The lowest BCUT2D eigenvalue weighted by atomic mass is 9.86. The number of carbonyl (C=O) groups excluding carboxylic acids is 1. The van der Waals surface area contributed by atoms with Crippen LogP contribution in [0.25, 0.3) is 0 Å². The maximum absolute atomic E-state index is 12.1. The summed E-state index contributed by atoms with van der Waals surface area (Å²) in [6, 6.07) is 5.30. The lowest BCUT2D eigenvalue weighted by Crippen LogP contribution is -2.14. The maximum atomic E-state index is 12.1. The molecular weight excluding hydrogens is 310 g/mol. The first-order valence-electron chi connectivity index (χ1n) is 9.98. The lowest BCUT2D eigenvalue weighted by Gasteiger charge is -2.21. The fourth-order valence-electron chi connectivity index (χ4n) is 3.03. The molecule has 0 saturated carbocycles. The second kappa shape index (κ2) is 11.2. The second-order valence-corrected chi connectivity index (χ2v) is 8.11. The zero-order valence-corrected chi connectivity index (χ0v) is 16.7. The van der Waals surface area contributed by atoms with Crippen molar-refractivity contribution in [3.05, 3.63) is 23.8 Å². The van der Waals surface area contributed by atoms with Crippen LogP contribution in [-0.2, 0) is 10.2 Å². The minimum Gasteiger partial charge on any atom is -0.508 e. The topological polar surface area (TPSA) is 49.3 Å². The predicted octanol–water partition coefficient (Wildman–Crippen LogP) is 6.55. The van der Waals surface area contributed by atoms with E-state index in [2.05, 4.69) is 33.0 Å². The van der Waals surface area contributed by atoms with E-state index < -0.39 is 0 Å². The zero-order chi connectivity index (χ0) is 18.7. The van der Waals surface area contributed by atoms with Crippen LogP contribution < -0.4 is 5.32 Å². The van der Waals surface area contributed by atoms with Gasteiger partial charge in [0.25, 0.3) is 0 Å². The quantitative estimate of drug-likeness (QED) is 0.352. The molecule has 0 fully saturated rings. The van der Waals surface area contributed by atoms with Crippen LogP contribution in [0.5, 0.6) is 5.75 Å². The number of phenolic OH excluding ortho intramolecular Hbond substituents is 1. The molecule has 1 rings (SSSR count). The molecule has 3 heteroatoms. The average molecular weight is 348 g/mol. The molecule has 0 radical (unpaired) electrons. The van der Waals surface area contributed by atoms with Crippen LogP contribution >= 0.6 is 0 Å². The summed E-state index contributed by atoms with van der Waals surface area (Å²) in [6.07, 6.45) is 11.9. The summed E-state index contributed by atoms with van der Waals surface area (Å²) in [5.74, 6) is 0.345. The van der Waals surface area contributed by atoms with Gasteiger partial charge in [0.15, 0.2) is 0 Å². The predicted molar refractivity (Wildman–Crippen MR) is 107 cm³/mol. The molecule has 1 aromatic carbocycles. The number of nitrogens with one attached hydrogen (secondary N) is 1. The number of hydrogen-bond acceptors (Lipinski definition) is 2. The molecule has 1 aromatic rings. The Balaban J connectivity index is 2.25. The lowest BCUT2D eigenvalue weighted by molar-refractivity contribution is -0.116. The first kappa shape index (κ1) is 21.5.